The van der Waals surface area contributed by atoms with Crippen LogP contribution in [0.2, 0.25) is 0 Å². The SMILES string of the molecule is Cc1ccc(NC(=O)Nc2cc(C)cc3c(-c4ccccc4)c(C(=O)NCC4CCCO4)[nH]c23)cc1. The smallest absolute Gasteiger partial charge is 0.323 e. The molecule has 1 fully saturated rings. The van der Waals surface area contributed by atoms with Gasteiger partial charge in [-0.3, -0.25) is 4.79 Å². The number of aromatic amines is 1. The van der Waals surface area contributed by atoms with Crippen LogP contribution in [0, 0.1) is 13.8 Å². The number of benzene rings is 3. The van der Waals surface area contributed by atoms with Crippen LogP contribution >= 0.6 is 0 Å². The fourth-order valence-electron chi connectivity index (χ4n) is 4.64. The van der Waals surface area contributed by atoms with Crippen molar-refractivity contribution in [2.24, 2.45) is 0 Å². The van der Waals surface area contributed by atoms with E-state index in [2.05, 4.69) is 20.9 Å². The first-order chi connectivity index (χ1) is 17.5. The van der Waals surface area contributed by atoms with Crippen molar-refractivity contribution >= 4 is 34.2 Å². The van der Waals surface area contributed by atoms with Crippen LogP contribution in [0.5, 0.6) is 0 Å². The number of aryl methyl sites for hydroxylation is 2. The molecule has 1 aromatic heterocycles. The summed E-state index contributed by atoms with van der Waals surface area (Å²) in [5.41, 5.74) is 6.27. The minimum Gasteiger partial charge on any atom is -0.376 e. The van der Waals surface area contributed by atoms with Crippen LogP contribution in [0.3, 0.4) is 0 Å². The Labute approximate surface area is 210 Å². The van der Waals surface area contributed by atoms with Gasteiger partial charge in [-0.1, -0.05) is 48.0 Å². The number of hydrogen-bond donors (Lipinski definition) is 4. The summed E-state index contributed by atoms with van der Waals surface area (Å²) >= 11 is 0. The van der Waals surface area contributed by atoms with Gasteiger partial charge in [0.05, 0.1) is 17.3 Å². The monoisotopic (exact) mass is 482 g/mol. The lowest BCUT2D eigenvalue weighted by Gasteiger charge is -2.11. The number of nitrogens with one attached hydrogen (secondary N) is 4. The number of rotatable bonds is 6. The van der Waals surface area contributed by atoms with Crippen molar-refractivity contribution in [1.82, 2.24) is 10.3 Å². The van der Waals surface area contributed by atoms with Gasteiger partial charge in [0.2, 0.25) is 0 Å². The van der Waals surface area contributed by atoms with Crippen LogP contribution in [0.4, 0.5) is 16.2 Å². The average Bonchev–Trinajstić information content (AvgIpc) is 3.52. The molecule has 7 heteroatoms. The number of H-pyrrole nitrogens is 1. The summed E-state index contributed by atoms with van der Waals surface area (Å²) in [5, 5.41) is 9.73. The largest absolute Gasteiger partial charge is 0.376 e. The Morgan fingerprint density at radius 1 is 0.972 bits per heavy atom. The molecule has 1 aliphatic heterocycles. The van der Waals surface area contributed by atoms with Gasteiger partial charge in [0.25, 0.3) is 5.91 Å². The number of carbonyl (C=O) groups is 2. The standard InChI is InChI=1S/C29H30N4O3/c1-18-10-12-21(13-11-18)31-29(35)32-24-16-19(2)15-23-25(20-7-4-3-5-8-20)27(33-26(23)24)28(34)30-17-22-9-6-14-36-22/h3-5,7-8,10-13,15-16,22,33H,6,9,14,17H2,1-2H3,(H,30,34)(H2,31,32,35). The summed E-state index contributed by atoms with van der Waals surface area (Å²) in [5.74, 6) is -0.201. The molecule has 0 radical (unpaired) electrons. The van der Waals surface area contributed by atoms with Crippen molar-refractivity contribution < 1.29 is 14.3 Å². The lowest BCUT2D eigenvalue weighted by molar-refractivity contribution is 0.0855. The predicted molar refractivity (Wildman–Crippen MR) is 144 cm³/mol. The molecule has 3 amide bonds. The maximum Gasteiger partial charge on any atom is 0.323 e. The number of amides is 3. The van der Waals surface area contributed by atoms with Crippen LogP contribution in [-0.4, -0.2) is 36.2 Å². The molecule has 3 aromatic carbocycles. The number of hydrogen-bond acceptors (Lipinski definition) is 3. The van der Waals surface area contributed by atoms with E-state index < -0.39 is 0 Å². The van der Waals surface area contributed by atoms with Gasteiger partial charge in [-0.15, -0.1) is 0 Å². The van der Waals surface area contributed by atoms with Crippen molar-refractivity contribution in [3.05, 3.63) is 83.6 Å². The van der Waals surface area contributed by atoms with E-state index in [1.807, 2.05) is 80.6 Å². The fraction of sp³-hybridized carbons (Fsp3) is 0.241. The molecule has 4 N–H and O–H groups in total. The average molecular weight is 483 g/mol. The normalized spacial score (nSPS) is 15.1. The van der Waals surface area contributed by atoms with Crippen molar-refractivity contribution in [2.45, 2.75) is 32.8 Å². The maximum absolute atomic E-state index is 13.4. The van der Waals surface area contributed by atoms with Gasteiger partial charge >= 0.3 is 6.03 Å². The fourth-order valence-corrected chi connectivity index (χ4v) is 4.64. The zero-order chi connectivity index (χ0) is 25.1. The van der Waals surface area contributed by atoms with Gasteiger partial charge in [-0.05, 0) is 62.1 Å². The van der Waals surface area contributed by atoms with Crippen LogP contribution in [0.1, 0.15) is 34.5 Å². The van der Waals surface area contributed by atoms with Gasteiger partial charge in [0.1, 0.15) is 5.69 Å². The van der Waals surface area contributed by atoms with E-state index >= 15 is 0 Å². The molecule has 1 atom stereocenters. The topological polar surface area (TPSA) is 95.2 Å². The lowest BCUT2D eigenvalue weighted by Crippen LogP contribution is -2.32. The number of fused-ring (bicyclic) bond motifs is 1. The summed E-state index contributed by atoms with van der Waals surface area (Å²) < 4.78 is 5.67. The predicted octanol–water partition coefficient (Wildman–Crippen LogP) is 6.00. The van der Waals surface area contributed by atoms with E-state index in [1.165, 1.54) is 0 Å². The quantitative estimate of drug-likeness (QED) is 0.271. The molecule has 0 saturated carbocycles. The van der Waals surface area contributed by atoms with E-state index in [9.17, 15) is 9.59 Å². The Hall–Kier alpha value is -4.10. The molecule has 36 heavy (non-hydrogen) atoms. The Morgan fingerprint density at radius 2 is 1.75 bits per heavy atom. The molecule has 1 saturated heterocycles. The summed E-state index contributed by atoms with van der Waals surface area (Å²) in [6, 6.07) is 21.0. The molecule has 184 valence electrons. The Kier molecular flexibility index (Phi) is 6.73. The minimum atomic E-state index is -0.356. The van der Waals surface area contributed by atoms with Crippen LogP contribution in [0.15, 0.2) is 66.7 Å². The highest BCUT2D eigenvalue weighted by molar-refractivity contribution is 6.14. The van der Waals surface area contributed by atoms with Gasteiger partial charge < -0.3 is 25.7 Å². The van der Waals surface area contributed by atoms with E-state index in [0.717, 1.165) is 47.1 Å². The Morgan fingerprint density at radius 3 is 2.47 bits per heavy atom. The van der Waals surface area contributed by atoms with E-state index in [4.69, 9.17) is 4.74 Å². The van der Waals surface area contributed by atoms with Gasteiger partial charge in [-0.25, -0.2) is 4.79 Å². The van der Waals surface area contributed by atoms with E-state index in [1.54, 1.807) is 0 Å². The van der Waals surface area contributed by atoms with Gasteiger partial charge in [-0.2, -0.15) is 0 Å². The molecule has 2 heterocycles. The molecule has 1 unspecified atom stereocenters. The Bertz CT molecular complexity index is 1390. The molecule has 0 bridgehead atoms. The molecule has 0 aliphatic carbocycles. The van der Waals surface area contributed by atoms with E-state index in [-0.39, 0.29) is 18.0 Å². The van der Waals surface area contributed by atoms with Gasteiger partial charge in [0.15, 0.2) is 0 Å². The van der Waals surface area contributed by atoms with E-state index in [0.29, 0.717) is 29.1 Å². The maximum atomic E-state index is 13.4. The number of carbonyl (C=O) groups excluding carboxylic acids is 2. The first-order valence-electron chi connectivity index (χ1n) is 12.2. The summed E-state index contributed by atoms with van der Waals surface area (Å²) in [4.78, 5) is 29.5. The van der Waals surface area contributed by atoms with Crippen LogP contribution in [-0.2, 0) is 4.74 Å². The third kappa shape index (κ3) is 5.11. The first kappa shape index (κ1) is 23.6. The highest BCUT2D eigenvalue weighted by atomic mass is 16.5. The molecule has 4 aromatic rings. The second-order valence-electron chi connectivity index (χ2n) is 9.27. The number of aromatic nitrogens is 1. The molecular formula is C29H30N4O3. The lowest BCUT2D eigenvalue weighted by atomic mass is 10.00. The van der Waals surface area contributed by atoms with Crippen LogP contribution in [0.25, 0.3) is 22.0 Å². The first-order valence-corrected chi connectivity index (χ1v) is 12.2. The molecule has 0 spiro atoms. The molecule has 1 aliphatic rings. The summed E-state index contributed by atoms with van der Waals surface area (Å²) in [6.45, 7) is 5.17. The molecular weight excluding hydrogens is 452 g/mol. The highest BCUT2D eigenvalue weighted by Gasteiger charge is 2.23. The van der Waals surface area contributed by atoms with Crippen LogP contribution < -0.4 is 16.0 Å². The minimum absolute atomic E-state index is 0.0449. The number of anilines is 2. The number of ether oxygens (including phenoxy) is 1. The Balaban J connectivity index is 1.50. The molecule has 5 rings (SSSR count). The van der Waals surface area contributed by atoms with Crippen molar-refractivity contribution in [3.8, 4) is 11.1 Å². The summed E-state index contributed by atoms with van der Waals surface area (Å²) in [6.07, 6.45) is 2.01. The third-order valence-corrected chi connectivity index (χ3v) is 6.41. The highest BCUT2D eigenvalue weighted by Crippen LogP contribution is 2.37. The second-order valence-corrected chi connectivity index (χ2v) is 9.27. The van der Waals surface area contributed by atoms with Crippen molar-refractivity contribution in [1.29, 1.82) is 0 Å². The van der Waals surface area contributed by atoms with Crippen molar-refractivity contribution in [3.63, 3.8) is 0 Å². The zero-order valence-electron chi connectivity index (χ0n) is 20.5. The van der Waals surface area contributed by atoms with Gasteiger partial charge in [0, 0.05) is 29.8 Å². The molecule has 7 nitrogen and oxygen atoms in total. The van der Waals surface area contributed by atoms with Crippen molar-refractivity contribution in [2.75, 3.05) is 23.8 Å². The summed E-state index contributed by atoms with van der Waals surface area (Å²) in [7, 11) is 0. The second kappa shape index (κ2) is 10.3. The number of urea groups is 1. The third-order valence-electron chi connectivity index (χ3n) is 6.41. The zero-order valence-corrected chi connectivity index (χ0v) is 20.5.